The Labute approximate surface area is 110 Å². The number of anilines is 1. The highest BCUT2D eigenvalue weighted by Gasteiger charge is 2.34. The van der Waals surface area contributed by atoms with Gasteiger partial charge in [0.1, 0.15) is 0 Å². The highest BCUT2D eigenvalue weighted by Crippen LogP contribution is 2.32. The minimum Gasteiger partial charge on any atom is -0.371 e. The van der Waals surface area contributed by atoms with Crippen LogP contribution in [-0.2, 0) is 4.74 Å². The van der Waals surface area contributed by atoms with E-state index in [-0.39, 0.29) is 0 Å². The van der Waals surface area contributed by atoms with Crippen molar-refractivity contribution in [1.82, 2.24) is 9.38 Å². The highest BCUT2D eigenvalue weighted by atomic mass is 35.5. The lowest BCUT2D eigenvalue weighted by molar-refractivity contribution is 0.0305. The van der Waals surface area contributed by atoms with Crippen LogP contribution in [-0.4, -0.2) is 34.7 Å². The molecule has 0 amide bonds. The number of morpholine rings is 1. The van der Waals surface area contributed by atoms with Crippen molar-refractivity contribution in [2.45, 2.75) is 25.0 Å². The molecular formula is C13H14ClN3O. The fourth-order valence-electron chi connectivity index (χ4n) is 3.03. The SMILES string of the molecule is Clc1cc(N2CC3CCC(C2)O3)c2nccn2c1. The first-order valence-corrected chi connectivity index (χ1v) is 6.70. The Morgan fingerprint density at radius 1 is 1.28 bits per heavy atom. The molecule has 18 heavy (non-hydrogen) atoms. The van der Waals surface area contributed by atoms with E-state index in [4.69, 9.17) is 16.3 Å². The van der Waals surface area contributed by atoms with Crippen LogP contribution in [0.25, 0.3) is 5.65 Å². The van der Waals surface area contributed by atoms with Gasteiger partial charge in [0.2, 0.25) is 0 Å². The summed E-state index contributed by atoms with van der Waals surface area (Å²) < 4.78 is 7.85. The predicted molar refractivity (Wildman–Crippen MR) is 70.3 cm³/mol. The largest absolute Gasteiger partial charge is 0.371 e. The van der Waals surface area contributed by atoms with Gasteiger partial charge in [-0.25, -0.2) is 4.98 Å². The molecule has 2 aromatic heterocycles. The first-order valence-electron chi connectivity index (χ1n) is 6.32. The predicted octanol–water partition coefficient (Wildman–Crippen LogP) is 2.36. The third-order valence-electron chi connectivity index (χ3n) is 3.82. The lowest BCUT2D eigenvalue weighted by Crippen LogP contribution is -2.42. The van der Waals surface area contributed by atoms with Crippen molar-refractivity contribution >= 4 is 22.9 Å². The zero-order chi connectivity index (χ0) is 12.1. The molecule has 0 spiro atoms. The molecule has 94 valence electrons. The Morgan fingerprint density at radius 2 is 2.06 bits per heavy atom. The van der Waals surface area contributed by atoms with E-state index in [1.54, 1.807) is 0 Å². The summed E-state index contributed by atoms with van der Waals surface area (Å²) in [4.78, 5) is 6.79. The minimum absolute atomic E-state index is 0.373. The number of imidazole rings is 1. The molecule has 2 aliphatic heterocycles. The molecule has 2 saturated heterocycles. The molecule has 0 radical (unpaired) electrons. The maximum Gasteiger partial charge on any atom is 0.160 e. The van der Waals surface area contributed by atoms with Crippen LogP contribution in [0.15, 0.2) is 24.7 Å². The van der Waals surface area contributed by atoms with Crippen LogP contribution in [0.1, 0.15) is 12.8 Å². The van der Waals surface area contributed by atoms with Gasteiger partial charge < -0.3 is 14.0 Å². The van der Waals surface area contributed by atoms with Crippen molar-refractivity contribution in [3.63, 3.8) is 0 Å². The van der Waals surface area contributed by atoms with Gasteiger partial charge in [0, 0.05) is 31.7 Å². The first-order chi connectivity index (χ1) is 8.79. The number of pyridine rings is 1. The lowest BCUT2D eigenvalue weighted by Gasteiger charge is -2.34. The molecule has 2 aromatic rings. The van der Waals surface area contributed by atoms with E-state index >= 15 is 0 Å². The molecule has 0 aromatic carbocycles. The molecule has 0 N–H and O–H groups in total. The number of ether oxygens (including phenoxy) is 1. The molecule has 4 heterocycles. The van der Waals surface area contributed by atoms with E-state index in [1.165, 1.54) is 12.8 Å². The van der Waals surface area contributed by atoms with Gasteiger partial charge in [0.05, 0.1) is 22.9 Å². The van der Waals surface area contributed by atoms with E-state index in [2.05, 4.69) is 9.88 Å². The molecule has 0 aliphatic carbocycles. The van der Waals surface area contributed by atoms with E-state index in [0.29, 0.717) is 12.2 Å². The third-order valence-corrected chi connectivity index (χ3v) is 4.03. The van der Waals surface area contributed by atoms with Gasteiger partial charge in [-0.2, -0.15) is 0 Å². The van der Waals surface area contributed by atoms with Crippen LogP contribution in [0.3, 0.4) is 0 Å². The lowest BCUT2D eigenvalue weighted by atomic mass is 10.2. The van der Waals surface area contributed by atoms with E-state index < -0.39 is 0 Å². The summed E-state index contributed by atoms with van der Waals surface area (Å²) in [6.07, 6.45) is 8.72. The summed E-state index contributed by atoms with van der Waals surface area (Å²) in [5.41, 5.74) is 2.09. The van der Waals surface area contributed by atoms with Crippen LogP contribution in [0.4, 0.5) is 5.69 Å². The van der Waals surface area contributed by atoms with Crippen molar-refractivity contribution in [3.8, 4) is 0 Å². The third kappa shape index (κ3) is 1.60. The molecule has 5 heteroatoms. The van der Waals surface area contributed by atoms with Crippen LogP contribution in [0.2, 0.25) is 5.02 Å². The smallest absolute Gasteiger partial charge is 0.160 e. The maximum absolute atomic E-state index is 6.18. The van der Waals surface area contributed by atoms with E-state index in [0.717, 1.165) is 29.4 Å². The fraction of sp³-hybridized carbons (Fsp3) is 0.462. The average Bonchev–Trinajstić information content (AvgIpc) is 2.94. The van der Waals surface area contributed by atoms with Crippen LogP contribution >= 0.6 is 11.6 Å². The number of fused-ring (bicyclic) bond motifs is 3. The quantitative estimate of drug-likeness (QED) is 0.791. The molecule has 4 rings (SSSR count). The Kier molecular flexibility index (Phi) is 2.29. The molecule has 2 unspecified atom stereocenters. The maximum atomic E-state index is 6.18. The van der Waals surface area contributed by atoms with Gasteiger partial charge in [-0.3, -0.25) is 0 Å². The van der Waals surface area contributed by atoms with Crippen LogP contribution < -0.4 is 4.90 Å². The van der Waals surface area contributed by atoms with Gasteiger partial charge in [-0.15, -0.1) is 0 Å². The fourth-order valence-corrected chi connectivity index (χ4v) is 3.23. The molecule has 0 saturated carbocycles. The Hall–Kier alpha value is -1.26. The monoisotopic (exact) mass is 263 g/mol. The van der Waals surface area contributed by atoms with Crippen molar-refractivity contribution in [2.24, 2.45) is 0 Å². The van der Waals surface area contributed by atoms with Crippen molar-refractivity contribution in [1.29, 1.82) is 0 Å². The van der Waals surface area contributed by atoms with Crippen LogP contribution in [0.5, 0.6) is 0 Å². The van der Waals surface area contributed by atoms with Gasteiger partial charge >= 0.3 is 0 Å². The average molecular weight is 264 g/mol. The summed E-state index contributed by atoms with van der Waals surface area (Å²) in [6.45, 7) is 1.89. The van der Waals surface area contributed by atoms with Gasteiger partial charge in [-0.1, -0.05) is 11.6 Å². The number of rotatable bonds is 1. The van der Waals surface area contributed by atoms with Crippen molar-refractivity contribution in [3.05, 3.63) is 29.7 Å². The molecule has 2 fully saturated rings. The second-order valence-electron chi connectivity index (χ2n) is 5.06. The standard InChI is InChI=1S/C13H14ClN3O/c14-9-5-12(13-15-3-4-16(13)6-9)17-7-10-1-2-11(8-17)18-10/h3-6,10-11H,1-2,7-8H2. The van der Waals surface area contributed by atoms with Gasteiger partial charge in [0.25, 0.3) is 0 Å². The second kappa shape index (κ2) is 3.87. The van der Waals surface area contributed by atoms with E-state index in [9.17, 15) is 0 Å². The zero-order valence-corrected chi connectivity index (χ0v) is 10.7. The number of hydrogen-bond donors (Lipinski definition) is 0. The number of nitrogens with zero attached hydrogens (tertiary/aromatic N) is 3. The molecule has 2 atom stereocenters. The normalized spacial score (nSPS) is 27.1. The molecule has 2 bridgehead atoms. The summed E-state index contributed by atoms with van der Waals surface area (Å²) in [6, 6.07) is 2.01. The van der Waals surface area contributed by atoms with E-state index in [1.807, 2.05) is 29.1 Å². The summed E-state index contributed by atoms with van der Waals surface area (Å²) in [5, 5.41) is 0.745. The Bertz CT molecular complexity index is 585. The summed E-state index contributed by atoms with van der Waals surface area (Å²) >= 11 is 6.18. The second-order valence-corrected chi connectivity index (χ2v) is 5.50. The molecular weight excluding hydrogens is 250 g/mol. The molecule has 4 nitrogen and oxygen atoms in total. The van der Waals surface area contributed by atoms with Crippen LogP contribution in [0, 0.1) is 0 Å². The Balaban J connectivity index is 1.79. The molecule has 2 aliphatic rings. The summed E-state index contributed by atoms with van der Waals surface area (Å²) in [5.74, 6) is 0. The first kappa shape index (κ1) is 10.6. The summed E-state index contributed by atoms with van der Waals surface area (Å²) in [7, 11) is 0. The number of aromatic nitrogens is 2. The zero-order valence-electron chi connectivity index (χ0n) is 9.92. The van der Waals surface area contributed by atoms with Gasteiger partial charge in [-0.05, 0) is 18.9 Å². The van der Waals surface area contributed by atoms with Crippen molar-refractivity contribution in [2.75, 3.05) is 18.0 Å². The van der Waals surface area contributed by atoms with Crippen molar-refractivity contribution < 1.29 is 4.74 Å². The Morgan fingerprint density at radius 3 is 2.83 bits per heavy atom. The number of hydrogen-bond acceptors (Lipinski definition) is 3. The number of halogens is 1. The highest BCUT2D eigenvalue weighted by molar-refractivity contribution is 6.30. The topological polar surface area (TPSA) is 29.8 Å². The van der Waals surface area contributed by atoms with Gasteiger partial charge in [0.15, 0.2) is 5.65 Å². The minimum atomic E-state index is 0.373.